The van der Waals surface area contributed by atoms with Crippen molar-refractivity contribution in [1.82, 2.24) is 9.13 Å². The number of hydrogen-bond donors (Lipinski definition) is 0. The summed E-state index contributed by atoms with van der Waals surface area (Å²) in [6.07, 6.45) is 19.1. The van der Waals surface area contributed by atoms with E-state index in [-0.39, 0.29) is 48.0 Å². The second-order valence-corrected chi connectivity index (χ2v) is 5.69. The van der Waals surface area contributed by atoms with Crippen molar-refractivity contribution >= 4 is 0 Å². The van der Waals surface area contributed by atoms with Gasteiger partial charge in [0.25, 0.3) is 0 Å². The number of aromatic nitrogens is 4. The van der Waals surface area contributed by atoms with Crippen molar-refractivity contribution < 1.29 is 57.1 Å². The van der Waals surface area contributed by atoms with Gasteiger partial charge in [-0.25, -0.2) is 18.3 Å². The molecule has 2 rings (SSSR count). The van der Waals surface area contributed by atoms with E-state index in [0.29, 0.717) is 0 Å². The molecule has 2 aromatic heterocycles. The minimum absolute atomic E-state index is 0. The number of imidazole rings is 2. The van der Waals surface area contributed by atoms with Gasteiger partial charge in [0.2, 0.25) is 12.7 Å². The Morgan fingerprint density at radius 3 is 1.61 bits per heavy atom. The molecule has 0 spiro atoms. The number of halogens is 2. The number of nitrogens with zero attached hydrogens (tertiary/aromatic N) is 4. The maximum absolute atomic E-state index is 2.25. The van der Waals surface area contributed by atoms with Crippen LogP contribution in [0, 0.1) is 0 Å². The second kappa shape index (κ2) is 15.4. The standard InChI is InChI=1S/C10H19N2.C7H13N2.2HI/c1-3-4-5-6-7-12-9-8-11(2)10-12;1-3-4-9-6-5-8(2)7-9;;/h8-10H,3-7H2,1-2H3;5-7H,3-4H2,1-2H3;2*1H/q2*+1;;/p-2. The normalized spacial score (nSPS) is 9.39. The third kappa shape index (κ3) is 12.0. The molecule has 0 N–H and O–H groups in total. The van der Waals surface area contributed by atoms with E-state index in [1.54, 1.807) is 0 Å². The highest BCUT2D eigenvalue weighted by molar-refractivity contribution is 4.65. The summed E-state index contributed by atoms with van der Waals surface area (Å²) >= 11 is 0. The molecule has 0 saturated carbocycles. The van der Waals surface area contributed by atoms with E-state index in [1.165, 1.54) is 38.6 Å². The van der Waals surface area contributed by atoms with Gasteiger partial charge in [-0.15, -0.1) is 0 Å². The van der Waals surface area contributed by atoms with Crippen molar-refractivity contribution in [3.8, 4) is 0 Å². The SMILES string of the molecule is CCCCCCn1cc[n+](C)c1.CCCn1cc[n+](C)c1.[I-].[I-]. The summed E-state index contributed by atoms with van der Waals surface area (Å²) < 4.78 is 8.56. The Morgan fingerprint density at radius 1 is 0.696 bits per heavy atom. The van der Waals surface area contributed by atoms with Crippen molar-refractivity contribution in [3.63, 3.8) is 0 Å². The number of hydrogen-bond acceptors (Lipinski definition) is 0. The van der Waals surface area contributed by atoms with E-state index in [9.17, 15) is 0 Å². The molecule has 4 nitrogen and oxygen atoms in total. The van der Waals surface area contributed by atoms with Gasteiger partial charge in [-0.1, -0.05) is 26.7 Å². The Hall–Kier alpha value is -0.120. The highest BCUT2D eigenvalue weighted by Crippen LogP contribution is 2.00. The van der Waals surface area contributed by atoms with E-state index in [2.05, 4.69) is 76.6 Å². The Kier molecular flexibility index (Phi) is 16.8. The molecule has 0 amide bonds. The van der Waals surface area contributed by atoms with Gasteiger partial charge < -0.3 is 48.0 Å². The fraction of sp³-hybridized carbons (Fsp3) is 0.647. The second-order valence-electron chi connectivity index (χ2n) is 5.69. The molecule has 2 heterocycles. The minimum atomic E-state index is 0. The van der Waals surface area contributed by atoms with Crippen LogP contribution in [-0.2, 0) is 27.2 Å². The first-order valence-corrected chi connectivity index (χ1v) is 8.17. The monoisotopic (exact) mass is 546 g/mol. The molecule has 0 unspecified atom stereocenters. The molecule has 0 aliphatic carbocycles. The zero-order valence-electron chi connectivity index (χ0n) is 15.0. The molecule has 0 aliphatic heterocycles. The summed E-state index contributed by atoms with van der Waals surface area (Å²) in [7, 11) is 4.09. The van der Waals surface area contributed by atoms with Crippen LogP contribution in [0.4, 0.5) is 0 Å². The smallest absolute Gasteiger partial charge is 0.243 e. The van der Waals surface area contributed by atoms with Gasteiger partial charge in [-0.3, -0.25) is 0 Å². The predicted molar refractivity (Wildman–Crippen MR) is 85.6 cm³/mol. The van der Waals surface area contributed by atoms with Crippen LogP contribution in [0.15, 0.2) is 37.4 Å². The summed E-state index contributed by atoms with van der Waals surface area (Å²) in [6, 6.07) is 0. The molecule has 0 bridgehead atoms. The largest absolute Gasteiger partial charge is 1.00 e. The topological polar surface area (TPSA) is 17.6 Å². The van der Waals surface area contributed by atoms with Gasteiger partial charge in [0, 0.05) is 0 Å². The highest BCUT2D eigenvalue weighted by atomic mass is 127. The Bertz CT molecular complexity index is 494. The van der Waals surface area contributed by atoms with Crippen LogP contribution in [0.2, 0.25) is 0 Å². The van der Waals surface area contributed by atoms with Crippen LogP contribution < -0.4 is 57.1 Å². The van der Waals surface area contributed by atoms with Crippen molar-refractivity contribution in [3.05, 3.63) is 37.4 Å². The fourth-order valence-corrected chi connectivity index (χ4v) is 2.25. The lowest BCUT2D eigenvalue weighted by Gasteiger charge is -1.95. The van der Waals surface area contributed by atoms with Gasteiger partial charge in [0.1, 0.15) is 24.8 Å². The first-order chi connectivity index (χ1) is 10.2. The van der Waals surface area contributed by atoms with Crippen LogP contribution in [0.3, 0.4) is 0 Å². The van der Waals surface area contributed by atoms with Crippen LogP contribution >= 0.6 is 0 Å². The van der Waals surface area contributed by atoms with Crippen LogP contribution in [-0.4, -0.2) is 9.13 Å². The Morgan fingerprint density at radius 2 is 1.22 bits per heavy atom. The lowest BCUT2D eigenvalue weighted by Crippen LogP contribution is -3.00. The summed E-state index contributed by atoms with van der Waals surface area (Å²) in [4.78, 5) is 0. The third-order valence-electron chi connectivity index (χ3n) is 3.40. The van der Waals surface area contributed by atoms with Crippen LogP contribution in [0.1, 0.15) is 46.0 Å². The molecule has 0 aromatic carbocycles. The molecule has 6 heteroatoms. The molecule has 134 valence electrons. The summed E-state index contributed by atoms with van der Waals surface area (Å²) in [5, 5.41) is 0. The van der Waals surface area contributed by atoms with E-state index < -0.39 is 0 Å². The minimum Gasteiger partial charge on any atom is -1.00 e. The molecule has 0 radical (unpaired) electrons. The summed E-state index contributed by atoms with van der Waals surface area (Å²) in [6.45, 7) is 6.72. The first kappa shape index (κ1) is 25.1. The average Bonchev–Trinajstić information content (AvgIpc) is 3.05. The molecule has 0 atom stereocenters. The average molecular weight is 546 g/mol. The zero-order valence-corrected chi connectivity index (χ0v) is 19.3. The van der Waals surface area contributed by atoms with E-state index in [4.69, 9.17) is 0 Å². The van der Waals surface area contributed by atoms with Crippen molar-refractivity contribution in [1.29, 1.82) is 0 Å². The number of rotatable bonds is 7. The molecular formula is C17H32I2N4. The lowest BCUT2D eigenvalue weighted by molar-refractivity contribution is -0.671. The Balaban J connectivity index is 0. The van der Waals surface area contributed by atoms with E-state index in [1.807, 2.05) is 7.05 Å². The molecule has 0 fully saturated rings. The van der Waals surface area contributed by atoms with Crippen LogP contribution in [0.5, 0.6) is 0 Å². The predicted octanol–water partition coefficient (Wildman–Crippen LogP) is -3.38. The highest BCUT2D eigenvalue weighted by Gasteiger charge is 1.98. The van der Waals surface area contributed by atoms with Crippen molar-refractivity contribution in [2.24, 2.45) is 14.1 Å². The zero-order chi connectivity index (χ0) is 15.5. The quantitative estimate of drug-likeness (QED) is 0.196. The molecular weight excluding hydrogens is 514 g/mol. The maximum atomic E-state index is 2.25. The Labute approximate surface area is 175 Å². The number of aryl methyl sites for hydroxylation is 4. The molecule has 0 aliphatic rings. The van der Waals surface area contributed by atoms with Crippen molar-refractivity contribution in [2.75, 3.05) is 0 Å². The summed E-state index contributed by atoms with van der Waals surface area (Å²) in [5.41, 5.74) is 0. The number of unbranched alkanes of at least 4 members (excludes halogenated alkanes) is 3. The van der Waals surface area contributed by atoms with Gasteiger partial charge in [-0.05, 0) is 19.3 Å². The maximum Gasteiger partial charge on any atom is 0.243 e. The summed E-state index contributed by atoms with van der Waals surface area (Å²) in [5.74, 6) is 0. The van der Waals surface area contributed by atoms with Crippen LogP contribution in [0.25, 0.3) is 0 Å². The van der Waals surface area contributed by atoms with E-state index >= 15 is 0 Å². The van der Waals surface area contributed by atoms with Gasteiger partial charge >= 0.3 is 0 Å². The van der Waals surface area contributed by atoms with E-state index in [0.717, 1.165) is 6.54 Å². The van der Waals surface area contributed by atoms with Gasteiger partial charge in [-0.2, -0.15) is 0 Å². The third-order valence-corrected chi connectivity index (χ3v) is 3.40. The van der Waals surface area contributed by atoms with Crippen molar-refractivity contribution in [2.45, 2.75) is 59.0 Å². The molecule has 23 heavy (non-hydrogen) atoms. The molecule has 0 saturated heterocycles. The van der Waals surface area contributed by atoms with Gasteiger partial charge in [0.15, 0.2) is 0 Å². The first-order valence-electron chi connectivity index (χ1n) is 8.17. The van der Waals surface area contributed by atoms with Gasteiger partial charge in [0.05, 0.1) is 27.2 Å². The molecule has 2 aromatic rings. The fourth-order valence-electron chi connectivity index (χ4n) is 2.25. The lowest BCUT2D eigenvalue weighted by atomic mass is 10.2.